The Hall–Kier alpha value is -0.870. The first kappa shape index (κ1) is 14.2. The van der Waals surface area contributed by atoms with Gasteiger partial charge in [0.1, 0.15) is 0 Å². The maximum absolute atomic E-state index is 9.93. The monoisotopic (exact) mass is 240 g/mol. The SMILES string of the molecule is CCC(O)c1c(C)nn(CCOC(C)C)c1C. The molecule has 0 fully saturated rings. The Labute approximate surface area is 104 Å². The number of rotatable bonds is 6. The van der Waals surface area contributed by atoms with Gasteiger partial charge in [-0.2, -0.15) is 5.10 Å². The van der Waals surface area contributed by atoms with Crippen molar-refractivity contribution in [1.82, 2.24) is 9.78 Å². The summed E-state index contributed by atoms with van der Waals surface area (Å²) in [5, 5.41) is 14.4. The molecule has 4 nitrogen and oxygen atoms in total. The third-order valence-electron chi connectivity index (χ3n) is 2.91. The Morgan fingerprint density at radius 2 is 2.00 bits per heavy atom. The molecule has 17 heavy (non-hydrogen) atoms. The number of aliphatic hydroxyl groups excluding tert-OH is 1. The average Bonchev–Trinajstić information content (AvgIpc) is 2.53. The van der Waals surface area contributed by atoms with Crippen molar-refractivity contribution in [3.63, 3.8) is 0 Å². The molecule has 1 rings (SSSR count). The quantitative estimate of drug-likeness (QED) is 0.830. The summed E-state index contributed by atoms with van der Waals surface area (Å²) in [5.74, 6) is 0. The first-order valence-electron chi connectivity index (χ1n) is 6.30. The van der Waals surface area contributed by atoms with E-state index in [1.165, 1.54) is 0 Å². The topological polar surface area (TPSA) is 47.3 Å². The van der Waals surface area contributed by atoms with E-state index in [4.69, 9.17) is 4.74 Å². The van der Waals surface area contributed by atoms with Gasteiger partial charge in [0.15, 0.2) is 0 Å². The molecule has 1 unspecified atom stereocenters. The molecule has 0 aliphatic rings. The summed E-state index contributed by atoms with van der Waals surface area (Å²) in [6.07, 6.45) is 0.554. The summed E-state index contributed by atoms with van der Waals surface area (Å²) in [6.45, 7) is 11.4. The Kier molecular flexibility index (Phi) is 5.15. The highest BCUT2D eigenvalue weighted by Gasteiger charge is 2.17. The van der Waals surface area contributed by atoms with Gasteiger partial charge in [0.25, 0.3) is 0 Å². The Balaban J connectivity index is 2.74. The molecule has 0 bridgehead atoms. The van der Waals surface area contributed by atoms with Gasteiger partial charge in [-0.25, -0.2) is 0 Å². The molecular formula is C13H24N2O2. The van der Waals surface area contributed by atoms with Crippen molar-refractivity contribution in [2.75, 3.05) is 6.61 Å². The summed E-state index contributed by atoms with van der Waals surface area (Å²) >= 11 is 0. The minimum Gasteiger partial charge on any atom is -0.388 e. The fourth-order valence-electron chi connectivity index (χ4n) is 1.99. The third kappa shape index (κ3) is 3.54. The second-order valence-corrected chi connectivity index (χ2v) is 4.65. The van der Waals surface area contributed by atoms with Crippen molar-refractivity contribution in [3.8, 4) is 0 Å². The van der Waals surface area contributed by atoms with Gasteiger partial charge in [0.2, 0.25) is 0 Å². The van der Waals surface area contributed by atoms with Gasteiger partial charge in [-0.1, -0.05) is 6.92 Å². The van der Waals surface area contributed by atoms with Crippen LogP contribution in [0.2, 0.25) is 0 Å². The number of hydrogen-bond acceptors (Lipinski definition) is 3. The molecule has 0 aliphatic heterocycles. The largest absolute Gasteiger partial charge is 0.388 e. The fourth-order valence-corrected chi connectivity index (χ4v) is 1.99. The van der Waals surface area contributed by atoms with E-state index in [1.54, 1.807) is 0 Å². The molecule has 1 N–H and O–H groups in total. The summed E-state index contributed by atoms with van der Waals surface area (Å²) < 4.78 is 7.44. The van der Waals surface area contributed by atoms with Crippen molar-refractivity contribution < 1.29 is 9.84 Å². The molecule has 1 heterocycles. The molecule has 98 valence electrons. The molecule has 0 aliphatic carbocycles. The normalized spacial score (nSPS) is 13.4. The minimum atomic E-state index is -0.408. The van der Waals surface area contributed by atoms with Crippen LogP contribution in [0.15, 0.2) is 0 Å². The van der Waals surface area contributed by atoms with E-state index in [2.05, 4.69) is 5.10 Å². The zero-order valence-electron chi connectivity index (χ0n) is 11.5. The maximum atomic E-state index is 9.93. The number of nitrogens with zero attached hydrogens (tertiary/aromatic N) is 2. The van der Waals surface area contributed by atoms with Gasteiger partial charge in [-0.05, 0) is 34.1 Å². The lowest BCUT2D eigenvalue weighted by atomic mass is 10.1. The Morgan fingerprint density at radius 3 is 2.53 bits per heavy atom. The number of aromatic nitrogens is 2. The van der Waals surface area contributed by atoms with Crippen LogP contribution in [0.4, 0.5) is 0 Å². The first-order valence-corrected chi connectivity index (χ1v) is 6.30. The number of hydrogen-bond donors (Lipinski definition) is 1. The minimum absolute atomic E-state index is 0.243. The van der Waals surface area contributed by atoms with E-state index in [9.17, 15) is 5.11 Å². The van der Waals surface area contributed by atoms with E-state index in [1.807, 2.05) is 39.3 Å². The first-order chi connectivity index (χ1) is 7.97. The van der Waals surface area contributed by atoms with Gasteiger partial charge < -0.3 is 9.84 Å². The highest BCUT2D eigenvalue weighted by molar-refractivity contribution is 5.26. The van der Waals surface area contributed by atoms with Gasteiger partial charge in [0.05, 0.1) is 31.1 Å². The van der Waals surface area contributed by atoms with E-state index in [0.29, 0.717) is 6.61 Å². The van der Waals surface area contributed by atoms with Crippen molar-refractivity contribution in [3.05, 3.63) is 17.0 Å². The highest BCUT2D eigenvalue weighted by atomic mass is 16.5. The second kappa shape index (κ2) is 6.17. The molecule has 0 amide bonds. The van der Waals surface area contributed by atoms with Gasteiger partial charge in [-0.3, -0.25) is 4.68 Å². The van der Waals surface area contributed by atoms with E-state index >= 15 is 0 Å². The molecule has 1 aromatic rings. The Morgan fingerprint density at radius 1 is 1.35 bits per heavy atom. The van der Waals surface area contributed by atoms with Gasteiger partial charge in [-0.15, -0.1) is 0 Å². The lowest BCUT2D eigenvalue weighted by Gasteiger charge is -2.10. The van der Waals surface area contributed by atoms with Crippen LogP contribution in [0.1, 0.15) is 50.2 Å². The van der Waals surface area contributed by atoms with Crippen molar-refractivity contribution in [2.24, 2.45) is 0 Å². The number of aliphatic hydroxyl groups is 1. The maximum Gasteiger partial charge on any atom is 0.0823 e. The molecule has 0 radical (unpaired) electrons. The van der Waals surface area contributed by atoms with Crippen LogP contribution in [-0.2, 0) is 11.3 Å². The van der Waals surface area contributed by atoms with Crippen LogP contribution in [0.5, 0.6) is 0 Å². The van der Waals surface area contributed by atoms with Crippen LogP contribution in [0.3, 0.4) is 0 Å². The van der Waals surface area contributed by atoms with Crippen LogP contribution in [-0.4, -0.2) is 27.6 Å². The molecule has 0 saturated heterocycles. The summed E-state index contributed by atoms with van der Waals surface area (Å²) in [5.41, 5.74) is 2.93. The number of aryl methyl sites for hydroxylation is 1. The predicted molar refractivity (Wildman–Crippen MR) is 68.0 cm³/mol. The van der Waals surface area contributed by atoms with E-state index in [0.717, 1.165) is 29.9 Å². The highest BCUT2D eigenvalue weighted by Crippen LogP contribution is 2.23. The standard InChI is InChI=1S/C13H24N2O2/c1-6-12(16)13-10(4)14-15(11(13)5)7-8-17-9(2)3/h9,12,16H,6-8H2,1-5H3. The number of ether oxygens (including phenoxy) is 1. The van der Waals surface area contributed by atoms with E-state index < -0.39 is 6.10 Å². The van der Waals surface area contributed by atoms with Gasteiger partial charge in [0, 0.05) is 11.3 Å². The van der Waals surface area contributed by atoms with Crippen LogP contribution in [0.25, 0.3) is 0 Å². The lowest BCUT2D eigenvalue weighted by Crippen LogP contribution is -2.12. The fraction of sp³-hybridized carbons (Fsp3) is 0.769. The molecule has 0 spiro atoms. The van der Waals surface area contributed by atoms with Crippen molar-refractivity contribution in [2.45, 2.75) is 59.8 Å². The molecule has 1 atom stereocenters. The summed E-state index contributed by atoms with van der Waals surface area (Å²) in [4.78, 5) is 0. The van der Waals surface area contributed by atoms with Crippen LogP contribution in [0, 0.1) is 13.8 Å². The smallest absolute Gasteiger partial charge is 0.0823 e. The zero-order chi connectivity index (χ0) is 13.0. The molecule has 0 aromatic carbocycles. The van der Waals surface area contributed by atoms with Crippen LogP contribution >= 0.6 is 0 Å². The molecular weight excluding hydrogens is 216 g/mol. The molecule has 1 aromatic heterocycles. The van der Waals surface area contributed by atoms with Crippen molar-refractivity contribution >= 4 is 0 Å². The van der Waals surface area contributed by atoms with Crippen LogP contribution < -0.4 is 0 Å². The second-order valence-electron chi connectivity index (χ2n) is 4.65. The summed E-state index contributed by atoms with van der Waals surface area (Å²) in [6, 6.07) is 0. The Bertz CT molecular complexity index is 359. The zero-order valence-corrected chi connectivity index (χ0v) is 11.5. The van der Waals surface area contributed by atoms with E-state index in [-0.39, 0.29) is 6.10 Å². The van der Waals surface area contributed by atoms with Gasteiger partial charge >= 0.3 is 0 Å². The summed E-state index contributed by atoms with van der Waals surface area (Å²) in [7, 11) is 0. The van der Waals surface area contributed by atoms with Crippen molar-refractivity contribution in [1.29, 1.82) is 0 Å². The average molecular weight is 240 g/mol. The predicted octanol–water partition coefficient (Wildman–Crippen LogP) is 2.37. The third-order valence-corrected chi connectivity index (χ3v) is 2.91. The molecule has 0 saturated carbocycles. The lowest BCUT2D eigenvalue weighted by molar-refractivity contribution is 0.0705. The molecule has 4 heteroatoms.